The molecule has 0 unspecified atom stereocenters. The van der Waals surface area contributed by atoms with Crippen molar-refractivity contribution in [2.75, 3.05) is 17.3 Å². The fourth-order valence-corrected chi connectivity index (χ4v) is 3.63. The quantitative estimate of drug-likeness (QED) is 0.383. The van der Waals surface area contributed by atoms with Crippen LogP contribution >= 0.6 is 0 Å². The molecule has 3 aromatic heterocycles. The summed E-state index contributed by atoms with van der Waals surface area (Å²) in [5.41, 5.74) is 3.96. The van der Waals surface area contributed by atoms with E-state index in [4.69, 9.17) is 4.74 Å². The first-order valence-corrected chi connectivity index (χ1v) is 10.8. The molecular formula is C26H21N7O2. The minimum Gasteiger partial charge on any atom is -0.457 e. The van der Waals surface area contributed by atoms with Crippen LogP contribution in [0.15, 0.2) is 67.4 Å². The van der Waals surface area contributed by atoms with Gasteiger partial charge in [-0.1, -0.05) is 5.92 Å². The Hall–Kier alpha value is -4.97. The molecule has 172 valence electrons. The zero-order valence-corrected chi connectivity index (χ0v) is 19.4. The number of nitrogens with zero attached hydrogens (tertiary/aromatic N) is 6. The number of amides is 1. The number of fused-ring (bicyclic) bond motifs is 2. The van der Waals surface area contributed by atoms with Crippen LogP contribution in [-0.2, 0) is 4.79 Å². The van der Waals surface area contributed by atoms with Gasteiger partial charge in [0.25, 0.3) is 0 Å². The highest BCUT2D eigenvalue weighted by Crippen LogP contribution is 2.31. The Bertz CT molecular complexity index is 1630. The highest BCUT2D eigenvalue weighted by atomic mass is 16.5. The molecule has 1 N–H and O–H groups in total. The van der Waals surface area contributed by atoms with Crippen molar-refractivity contribution in [3.05, 3.63) is 72.9 Å². The Morgan fingerprint density at radius 3 is 2.77 bits per heavy atom. The maximum Gasteiger partial charge on any atom is 0.302 e. The number of ether oxygens (including phenoxy) is 1. The van der Waals surface area contributed by atoms with Gasteiger partial charge in [-0.05, 0) is 67.8 Å². The topological polar surface area (TPSA) is 97.5 Å². The first-order chi connectivity index (χ1) is 17.0. The Labute approximate surface area is 201 Å². The molecule has 0 bridgehead atoms. The van der Waals surface area contributed by atoms with Crippen LogP contribution in [0.3, 0.4) is 0 Å². The highest BCUT2D eigenvalue weighted by molar-refractivity contribution is 6.06. The SMILES string of the molecule is CC#CC(=O)N(C)c1ccc2ncnc(Nc3ccc(Oc4ccn5ncnc5c4)c(C)c3)c2c1. The van der Waals surface area contributed by atoms with E-state index in [0.717, 1.165) is 27.9 Å². The number of carbonyl (C=O) groups excluding carboxylic acids is 1. The first kappa shape index (κ1) is 21.9. The van der Waals surface area contributed by atoms with Gasteiger partial charge in [0.2, 0.25) is 0 Å². The van der Waals surface area contributed by atoms with E-state index in [1.54, 1.807) is 24.7 Å². The van der Waals surface area contributed by atoms with Gasteiger partial charge in [-0.2, -0.15) is 5.10 Å². The molecule has 0 fully saturated rings. The molecule has 9 heteroatoms. The van der Waals surface area contributed by atoms with Crippen LogP contribution in [-0.4, -0.2) is 37.5 Å². The molecular weight excluding hydrogens is 442 g/mol. The van der Waals surface area contributed by atoms with Crippen LogP contribution in [0, 0.1) is 18.8 Å². The third kappa shape index (κ3) is 4.45. The predicted molar refractivity (Wildman–Crippen MR) is 134 cm³/mol. The van der Waals surface area contributed by atoms with E-state index < -0.39 is 0 Å². The predicted octanol–water partition coefficient (Wildman–Crippen LogP) is 4.50. The molecule has 0 radical (unpaired) electrons. The summed E-state index contributed by atoms with van der Waals surface area (Å²) in [4.78, 5) is 26.7. The summed E-state index contributed by atoms with van der Waals surface area (Å²) < 4.78 is 7.74. The van der Waals surface area contributed by atoms with Crippen LogP contribution in [0.2, 0.25) is 0 Å². The molecule has 5 rings (SSSR count). The molecule has 9 nitrogen and oxygen atoms in total. The number of benzene rings is 2. The van der Waals surface area contributed by atoms with Crippen molar-refractivity contribution in [1.82, 2.24) is 24.6 Å². The smallest absolute Gasteiger partial charge is 0.302 e. The van der Waals surface area contributed by atoms with Crippen LogP contribution < -0.4 is 15.0 Å². The summed E-state index contributed by atoms with van der Waals surface area (Å²) in [7, 11) is 1.69. The summed E-state index contributed by atoms with van der Waals surface area (Å²) in [6.45, 7) is 3.61. The van der Waals surface area contributed by atoms with E-state index in [2.05, 4.69) is 37.2 Å². The Kier molecular flexibility index (Phi) is 5.69. The summed E-state index contributed by atoms with van der Waals surface area (Å²) in [6, 6.07) is 15.0. The van der Waals surface area contributed by atoms with E-state index in [1.807, 2.05) is 55.5 Å². The molecule has 0 aliphatic carbocycles. The number of carbonyl (C=O) groups is 1. The lowest BCUT2D eigenvalue weighted by atomic mass is 10.1. The van der Waals surface area contributed by atoms with Gasteiger partial charge in [0.1, 0.15) is 30.0 Å². The lowest BCUT2D eigenvalue weighted by molar-refractivity contribution is -0.113. The van der Waals surface area contributed by atoms with Gasteiger partial charge in [0.15, 0.2) is 5.65 Å². The number of anilines is 3. The van der Waals surface area contributed by atoms with Crippen molar-refractivity contribution in [3.63, 3.8) is 0 Å². The number of hydrogen-bond acceptors (Lipinski definition) is 7. The molecule has 0 aliphatic rings. The van der Waals surface area contributed by atoms with Crippen molar-refractivity contribution in [3.8, 4) is 23.3 Å². The average Bonchev–Trinajstić information content (AvgIpc) is 3.33. The number of hydrogen-bond donors (Lipinski definition) is 1. The van der Waals surface area contributed by atoms with Crippen molar-refractivity contribution in [2.45, 2.75) is 13.8 Å². The van der Waals surface area contributed by atoms with Gasteiger partial charge in [-0.3, -0.25) is 4.79 Å². The highest BCUT2D eigenvalue weighted by Gasteiger charge is 2.12. The van der Waals surface area contributed by atoms with Gasteiger partial charge in [-0.15, -0.1) is 0 Å². The van der Waals surface area contributed by atoms with Crippen LogP contribution in [0.25, 0.3) is 16.6 Å². The van der Waals surface area contributed by atoms with Crippen LogP contribution in [0.5, 0.6) is 11.5 Å². The standard InChI is InChI=1S/C26H21N7O2/c1-4-5-25(34)32(3)19-7-8-22-21(13-19)26(29-15-27-22)31-18-6-9-23(17(2)12-18)35-20-10-11-33-24(14-20)28-16-30-33/h6-16H,1-3H3,(H,27,29,31). The second-order valence-electron chi connectivity index (χ2n) is 7.80. The number of pyridine rings is 1. The fourth-order valence-electron chi connectivity index (χ4n) is 3.63. The van der Waals surface area contributed by atoms with E-state index in [0.29, 0.717) is 22.9 Å². The molecule has 0 saturated carbocycles. The van der Waals surface area contributed by atoms with Crippen LogP contribution in [0.4, 0.5) is 17.2 Å². The zero-order valence-electron chi connectivity index (χ0n) is 19.4. The summed E-state index contributed by atoms with van der Waals surface area (Å²) in [5.74, 6) is 6.94. The number of nitrogens with one attached hydrogen (secondary N) is 1. The maximum atomic E-state index is 12.2. The van der Waals surface area contributed by atoms with Crippen molar-refractivity contribution in [2.24, 2.45) is 0 Å². The third-order valence-corrected chi connectivity index (χ3v) is 5.46. The molecule has 5 aromatic rings. The molecule has 35 heavy (non-hydrogen) atoms. The molecule has 0 saturated heterocycles. The van der Waals surface area contributed by atoms with Crippen molar-refractivity contribution >= 4 is 39.6 Å². The summed E-state index contributed by atoms with van der Waals surface area (Å²) >= 11 is 0. The number of rotatable bonds is 5. The van der Waals surface area contributed by atoms with E-state index in [-0.39, 0.29) is 5.91 Å². The van der Waals surface area contributed by atoms with Crippen LogP contribution in [0.1, 0.15) is 12.5 Å². The second-order valence-corrected chi connectivity index (χ2v) is 7.80. The molecule has 2 aromatic carbocycles. The molecule has 3 heterocycles. The summed E-state index contributed by atoms with van der Waals surface area (Å²) in [6.07, 6.45) is 4.81. The average molecular weight is 464 g/mol. The largest absolute Gasteiger partial charge is 0.457 e. The minimum atomic E-state index is -0.285. The van der Waals surface area contributed by atoms with Gasteiger partial charge in [0, 0.05) is 36.1 Å². The van der Waals surface area contributed by atoms with Gasteiger partial charge in [0.05, 0.1) is 5.52 Å². The lowest BCUT2D eigenvalue weighted by Crippen LogP contribution is -2.24. The minimum absolute atomic E-state index is 0.285. The normalized spacial score (nSPS) is 10.6. The van der Waals surface area contributed by atoms with E-state index in [9.17, 15) is 4.79 Å². The number of aryl methyl sites for hydroxylation is 1. The Morgan fingerprint density at radius 2 is 1.94 bits per heavy atom. The van der Waals surface area contributed by atoms with E-state index >= 15 is 0 Å². The van der Waals surface area contributed by atoms with Gasteiger partial charge < -0.3 is 15.0 Å². The zero-order chi connectivity index (χ0) is 24.4. The molecule has 1 amide bonds. The lowest BCUT2D eigenvalue weighted by Gasteiger charge is -2.16. The molecule has 0 atom stereocenters. The van der Waals surface area contributed by atoms with Gasteiger partial charge >= 0.3 is 5.91 Å². The monoisotopic (exact) mass is 463 g/mol. The summed E-state index contributed by atoms with van der Waals surface area (Å²) in [5, 5.41) is 8.24. The van der Waals surface area contributed by atoms with E-state index in [1.165, 1.54) is 17.6 Å². The van der Waals surface area contributed by atoms with Crippen molar-refractivity contribution < 1.29 is 9.53 Å². The Balaban J connectivity index is 1.41. The number of aromatic nitrogens is 5. The third-order valence-electron chi connectivity index (χ3n) is 5.46. The second kappa shape index (κ2) is 9.11. The molecule has 0 aliphatic heterocycles. The fraction of sp³-hybridized carbons (Fsp3) is 0.115. The van der Waals surface area contributed by atoms with Crippen molar-refractivity contribution in [1.29, 1.82) is 0 Å². The Morgan fingerprint density at radius 1 is 1.06 bits per heavy atom. The molecule has 0 spiro atoms. The van der Waals surface area contributed by atoms with Gasteiger partial charge in [-0.25, -0.2) is 19.5 Å². The first-order valence-electron chi connectivity index (χ1n) is 10.8. The maximum absolute atomic E-state index is 12.2.